The van der Waals surface area contributed by atoms with Crippen LogP contribution in [0, 0.1) is 0 Å². The maximum absolute atomic E-state index is 2.85. The first-order chi connectivity index (χ1) is 26.0. The van der Waals surface area contributed by atoms with E-state index >= 15 is 0 Å². The zero-order valence-corrected chi connectivity index (χ0v) is 37.0. The van der Waals surface area contributed by atoms with Crippen LogP contribution in [0.4, 0.5) is 17.1 Å². The van der Waals surface area contributed by atoms with Crippen LogP contribution in [0.5, 0.6) is 0 Å². The van der Waals surface area contributed by atoms with Crippen molar-refractivity contribution in [1.82, 2.24) is 0 Å². The van der Waals surface area contributed by atoms with E-state index in [0.717, 1.165) is 0 Å². The molecule has 0 amide bonds. The molecule has 6 aliphatic heterocycles. The first-order valence-corrected chi connectivity index (χ1v) is 21.7. The Balaban J connectivity index is 1.44. The maximum Gasteiger partial charge on any atom is 0.248 e. The van der Waals surface area contributed by atoms with E-state index in [2.05, 4.69) is 176 Å². The van der Waals surface area contributed by atoms with Gasteiger partial charge < -0.3 is 4.90 Å². The Labute approximate surface area is 337 Å². The molecule has 0 saturated heterocycles. The monoisotopic (exact) mass is 731 g/mol. The Morgan fingerprint density at radius 3 is 1.11 bits per heavy atom. The number of nitrogens with zero attached hydrogens (tertiary/aromatic N) is 1. The van der Waals surface area contributed by atoms with Gasteiger partial charge in [-0.3, -0.25) is 0 Å². The van der Waals surface area contributed by atoms with Crippen LogP contribution >= 0.6 is 0 Å². The average molecular weight is 732 g/mol. The average Bonchev–Trinajstić information content (AvgIpc) is 3.10. The van der Waals surface area contributed by atoms with E-state index in [9.17, 15) is 0 Å². The number of anilines is 3. The summed E-state index contributed by atoms with van der Waals surface area (Å²) >= 11 is 0. The summed E-state index contributed by atoms with van der Waals surface area (Å²) in [6.45, 7) is 40.4. The van der Waals surface area contributed by atoms with Gasteiger partial charge in [-0.15, -0.1) is 0 Å². The molecule has 5 aromatic rings. The molecule has 282 valence electrons. The highest BCUT2D eigenvalue weighted by molar-refractivity contribution is 7.04. The molecule has 0 atom stereocenters. The normalized spacial score (nSPS) is 19.7. The van der Waals surface area contributed by atoms with Gasteiger partial charge in [-0.2, -0.15) is 0 Å². The van der Waals surface area contributed by atoms with Crippen LogP contribution in [0.2, 0.25) is 0 Å². The fraction of sp³-hybridized carbons (Fsp3) is 0.434. The minimum Gasteiger partial charge on any atom is -0.312 e. The Morgan fingerprint density at radius 1 is 0.446 bits per heavy atom. The second-order valence-electron chi connectivity index (χ2n) is 23.1. The summed E-state index contributed by atoms with van der Waals surface area (Å²) < 4.78 is 0. The maximum atomic E-state index is 2.85. The van der Waals surface area contributed by atoms with Crippen molar-refractivity contribution < 1.29 is 0 Å². The fourth-order valence-corrected chi connectivity index (χ4v) is 14.0. The summed E-state index contributed by atoms with van der Waals surface area (Å²) in [6, 6.07) is 24.9. The minimum atomic E-state index is -0.172. The van der Waals surface area contributed by atoms with Crippen LogP contribution in [0.25, 0.3) is 0 Å². The molecule has 0 radical (unpaired) electrons. The third-order valence-electron chi connectivity index (χ3n) is 16.1. The van der Waals surface area contributed by atoms with Crippen molar-refractivity contribution in [3.63, 3.8) is 0 Å². The van der Waals surface area contributed by atoms with Crippen LogP contribution in [0.1, 0.15) is 178 Å². The molecule has 0 fully saturated rings. The largest absolute Gasteiger partial charge is 0.312 e. The Morgan fingerprint density at radius 2 is 0.786 bits per heavy atom. The van der Waals surface area contributed by atoms with Crippen molar-refractivity contribution in [1.29, 1.82) is 0 Å². The fourth-order valence-electron chi connectivity index (χ4n) is 14.0. The van der Waals surface area contributed by atoms with Gasteiger partial charge >= 0.3 is 0 Å². The van der Waals surface area contributed by atoms with Gasteiger partial charge in [0.15, 0.2) is 0 Å². The van der Waals surface area contributed by atoms with Gasteiger partial charge in [0, 0.05) is 38.7 Å². The van der Waals surface area contributed by atoms with Crippen molar-refractivity contribution >= 4 is 63.3 Å². The first kappa shape index (κ1) is 35.2. The molecule has 0 bridgehead atoms. The third-order valence-corrected chi connectivity index (χ3v) is 16.1. The van der Waals surface area contributed by atoms with E-state index in [4.69, 9.17) is 0 Å². The molecule has 5 aromatic carbocycles. The molecule has 3 heteroatoms. The Bertz CT molecular complexity index is 2520. The molecule has 0 aliphatic carbocycles. The summed E-state index contributed by atoms with van der Waals surface area (Å²) in [5, 5.41) is 0. The molecular formula is C53H59B2N. The summed E-state index contributed by atoms with van der Waals surface area (Å²) in [7, 11) is 0. The van der Waals surface area contributed by atoms with E-state index in [1.807, 2.05) is 0 Å². The molecule has 0 unspecified atom stereocenters. The smallest absolute Gasteiger partial charge is 0.248 e. The van der Waals surface area contributed by atoms with Crippen LogP contribution in [-0.2, 0) is 32.5 Å². The lowest BCUT2D eigenvalue weighted by Gasteiger charge is -2.59. The van der Waals surface area contributed by atoms with E-state index in [-0.39, 0.29) is 45.9 Å². The lowest BCUT2D eigenvalue weighted by atomic mass is 9.21. The van der Waals surface area contributed by atoms with Crippen molar-refractivity contribution in [3.8, 4) is 0 Å². The van der Waals surface area contributed by atoms with Gasteiger partial charge in [-0.05, 0) is 112 Å². The van der Waals surface area contributed by atoms with Crippen LogP contribution in [0.15, 0.2) is 60.7 Å². The first-order valence-electron chi connectivity index (χ1n) is 21.7. The molecule has 0 spiro atoms. The topological polar surface area (TPSA) is 3.24 Å². The summed E-state index contributed by atoms with van der Waals surface area (Å²) in [6.07, 6.45) is 0. The van der Waals surface area contributed by atoms with Crippen LogP contribution in [-0.4, -0.2) is 13.4 Å². The van der Waals surface area contributed by atoms with Crippen molar-refractivity contribution in [2.75, 3.05) is 4.90 Å². The molecule has 56 heavy (non-hydrogen) atoms. The highest BCUT2D eigenvalue weighted by Gasteiger charge is 2.61. The van der Waals surface area contributed by atoms with Crippen molar-refractivity contribution in [2.45, 2.75) is 149 Å². The number of rotatable bonds is 1. The highest BCUT2D eigenvalue weighted by Crippen LogP contribution is 2.56. The van der Waals surface area contributed by atoms with Crippen molar-refractivity contribution in [2.24, 2.45) is 0 Å². The Hall–Kier alpha value is -3.97. The summed E-state index contributed by atoms with van der Waals surface area (Å²) in [5.41, 5.74) is 30.3. The highest BCUT2D eigenvalue weighted by atomic mass is 15.2. The molecule has 0 aromatic heterocycles. The number of fused-ring (bicyclic) bond motifs is 2. The van der Waals surface area contributed by atoms with Crippen LogP contribution < -0.4 is 37.7 Å². The van der Waals surface area contributed by atoms with Crippen molar-refractivity contribution in [3.05, 3.63) is 122 Å². The second-order valence-corrected chi connectivity index (χ2v) is 23.1. The van der Waals surface area contributed by atoms with E-state index in [1.54, 1.807) is 60.6 Å². The molecule has 11 rings (SSSR count). The van der Waals surface area contributed by atoms with Gasteiger partial charge in [0.25, 0.3) is 0 Å². The summed E-state index contributed by atoms with van der Waals surface area (Å²) in [4.78, 5) is 2.85. The number of hydrogen-bond donors (Lipinski definition) is 0. The zero-order valence-electron chi connectivity index (χ0n) is 37.0. The second kappa shape index (κ2) is 9.82. The standard InChI is InChI=1S/C53H59B2N/c1-27(2)36-39-45-47-46-40(36)53(15,16)33-22-18-20-31-42(33)55(46)44-35(26-24-29(49(6,7)8)38(44)51(31,11)12)56(47)34-25-23-28(48(3,4)5)37-43(34)54(45)41-30(50(37,9)10)19-17-21-32(41)52(39,13)14/h17-27H,1-16H3. The lowest BCUT2D eigenvalue weighted by Crippen LogP contribution is -2.76. The van der Waals surface area contributed by atoms with Gasteiger partial charge in [0.2, 0.25) is 13.4 Å². The predicted octanol–water partition coefficient (Wildman–Crippen LogP) is 9.09. The molecule has 1 nitrogen and oxygen atoms in total. The Kier molecular flexibility index (Phi) is 6.18. The van der Waals surface area contributed by atoms with Crippen LogP contribution in [0.3, 0.4) is 0 Å². The third kappa shape index (κ3) is 3.63. The molecule has 6 heterocycles. The van der Waals surface area contributed by atoms with Gasteiger partial charge in [0.1, 0.15) is 0 Å². The summed E-state index contributed by atoms with van der Waals surface area (Å²) in [5.74, 6) is 0.367. The zero-order chi connectivity index (χ0) is 39.9. The van der Waals surface area contributed by atoms with E-state index < -0.39 is 0 Å². The number of hydrogen-bond acceptors (Lipinski definition) is 1. The lowest BCUT2D eigenvalue weighted by molar-refractivity contribution is 0.547. The van der Waals surface area contributed by atoms with E-state index in [1.165, 1.54) is 50.4 Å². The molecule has 0 saturated carbocycles. The minimum absolute atomic E-state index is 0.00140. The quantitative estimate of drug-likeness (QED) is 0.152. The molecule has 6 aliphatic rings. The SMILES string of the molecule is CC(C)c1c2c3c4c5c1C(C)(C)c1cccc6c1B5c1c(ccc(C(C)(C)C)c1C6(C)C)N4c1ccc(C(C)(C)C)c4c1B3c1c(cccc1C2(C)C)C4(C)C. The molecule has 0 N–H and O–H groups in total. The molecular weight excluding hydrogens is 672 g/mol. The van der Waals surface area contributed by atoms with Gasteiger partial charge in [-0.25, -0.2) is 0 Å². The van der Waals surface area contributed by atoms with E-state index in [0.29, 0.717) is 5.92 Å². The predicted molar refractivity (Wildman–Crippen MR) is 243 cm³/mol. The van der Waals surface area contributed by atoms with Gasteiger partial charge in [-0.1, -0.05) is 170 Å². The number of benzene rings is 5. The van der Waals surface area contributed by atoms with Gasteiger partial charge in [0.05, 0.1) is 0 Å².